The molecule has 8 heteroatoms. The molecule has 0 spiro atoms. The first-order valence-corrected chi connectivity index (χ1v) is 6.31. The van der Waals surface area contributed by atoms with E-state index in [1.165, 1.54) is 4.80 Å². The van der Waals surface area contributed by atoms with Crippen LogP contribution in [0.2, 0.25) is 5.02 Å². The monoisotopic (exact) mass is 329 g/mol. The molecule has 0 saturated carbocycles. The molecule has 0 fully saturated rings. The highest BCUT2D eigenvalue weighted by Gasteiger charge is 2.13. The predicted molar refractivity (Wildman–Crippen MR) is 70.6 cm³/mol. The van der Waals surface area contributed by atoms with Crippen LogP contribution in [0.4, 0.5) is 5.95 Å². The number of anilines is 1. The van der Waals surface area contributed by atoms with Gasteiger partial charge in [0.2, 0.25) is 0 Å². The number of hydrogen-bond acceptors (Lipinski definition) is 4. The topological polar surface area (TPSA) is 72.7 Å². The van der Waals surface area contributed by atoms with E-state index < -0.39 is 0 Å². The molecule has 1 aromatic heterocycles. The fraction of sp³-hybridized carbons (Fsp3) is 0.200. The standard InChI is InChI=1S/C10H9BrClN5O/c1-2-17-15-10(14-16-17)13-9(18)7-5-6(11)3-4-8(7)12/h3-5H,2H2,1H3,(H,13,15,18). The number of hydrogen-bond donors (Lipinski definition) is 1. The molecular weight excluding hydrogens is 322 g/mol. The number of amides is 1. The Morgan fingerprint density at radius 3 is 3.00 bits per heavy atom. The predicted octanol–water partition coefficient (Wildman–Crippen LogP) is 2.36. The normalized spacial score (nSPS) is 10.4. The maximum atomic E-state index is 12.0. The molecule has 0 atom stereocenters. The van der Waals surface area contributed by atoms with Crippen LogP contribution in [0.1, 0.15) is 17.3 Å². The van der Waals surface area contributed by atoms with Crippen molar-refractivity contribution in [1.82, 2.24) is 20.2 Å². The van der Waals surface area contributed by atoms with E-state index in [4.69, 9.17) is 11.6 Å². The maximum Gasteiger partial charge on any atom is 0.270 e. The highest BCUT2D eigenvalue weighted by molar-refractivity contribution is 9.10. The minimum atomic E-state index is -0.378. The molecule has 0 unspecified atom stereocenters. The van der Waals surface area contributed by atoms with Crippen molar-refractivity contribution in [3.63, 3.8) is 0 Å². The first-order valence-electron chi connectivity index (χ1n) is 5.14. The molecule has 2 rings (SSSR count). The zero-order chi connectivity index (χ0) is 13.1. The van der Waals surface area contributed by atoms with Gasteiger partial charge in [-0.3, -0.25) is 10.1 Å². The Balaban J connectivity index is 2.19. The lowest BCUT2D eigenvalue weighted by Gasteiger charge is -2.03. The van der Waals surface area contributed by atoms with E-state index in [1.807, 2.05) is 6.92 Å². The van der Waals surface area contributed by atoms with Crippen LogP contribution in [0.3, 0.4) is 0 Å². The summed E-state index contributed by atoms with van der Waals surface area (Å²) in [7, 11) is 0. The Morgan fingerprint density at radius 1 is 1.56 bits per heavy atom. The van der Waals surface area contributed by atoms with E-state index in [0.29, 0.717) is 17.1 Å². The molecule has 0 radical (unpaired) electrons. The maximum absolute atomic E-state index is 12.0. The molecule has 1 heterocycles. The number of carbonyl (C=O) groups excluding carboxylic acids is 1. The second-order valence-corrected chi connectivity index (χ2v) is 4.70. The van der Waals surface area contributed by atoms with Crippen molar-refractivity contribution in [2.24, 2.45) is 0 Å². The van der Waals surface area contributed by atoms with E-state index in [9.17, 15) is 4.79 Å². The van der Waals surface area contributed by atoms with Crippen molar-refractivity contribution in [1.29, 1.82) is 0 Å². The van der Waals surface area contributed by atoms with Gasteiger partial charge in [0.25, 0.3) is 11.9 Å². The third-order valence-electron chi connectivity index (χ3n) is 2.13. The summed E-state index contributed by atoms with van der Waals surface area (Å²) in [6.07, 6.45) is 0. The van der Waals surface area contributed by atoms with Crippen LogP contribution in [-0.4, -0.2) is 26.1 Å². The number of aromatic nitrogens is 4. The first-order chi connectivity index (χ1) is 8.60. The first kappa shape index (κ1) is 13.0. The molecule has 0 bridgehead atoms. The van der Waals surface area contributed by atoms with E-state index in [1.54, 1.807) is 18.2 Å². The number of rotatable bonds is 3. The largest absolute Gasteiger partial charge is 0.288 e. The van der Waals surface area contributed by atoms with Gasteiger partial charge in [-0.25, -0.2) is 0 Å². The molecule has 0 aliphatic carbocycles. The van der Waals surface area contributed by atoms with Gasteiger partial charge in [0.15, 0.2) is 0 Å². The van der Waals surface area contributed by atoms with Gasteiger partial charge >= 0.3 is 0 Å². The number of carbonyl (C=O) groups is 1. The fourth-order valence-electron chi connectivity index (χ4n) is 1.27. The summed E-state index contributed by atoms with van der Waals surface area (Å²) >= 11 is 9.23. The molecule has 1 aromatic carbocycles. The third-order valence-corrected chi connectivity index (χ3v) is 2.96. The van der Waals surface area contributed by atoms with Crippen LogP contribution in [0.5, 0.6) is 0 Å². The number of nitrogens with zero attached hydrogens (tertiary/aromatic N) is 4. The number of benzene rings is 1. The lowest BCUT2D eigenvalue weighted by atomic mass is 10.2. The summed E-state index contributed by atoms with van der Waals surface area (Å²) in [5.41, 5.74) is 0.346. The van der Waals surface area contributed by atoms with Crippen molar-refractivity contribution >= 4 is 39.4 Å². The van der Waals surface area contributed by atoms with Gasteiger partial charge in [0, 0.05) is 4.47 Å². The Bertz CT molecular complexity index is 585. The van der Waals surface area contributed by atoms with Crippen molar-refractivity contribution in [3.8, 4) is 0 Å². The highest BCUT2D eigenvalue weighted by Crippen LogP contribution is 2.21. The minimum Gasteiger partial charge on any atom is -0.288 e. The number of halogens is 2. The molecule has 2 aromatic rings. The Hall–Kier alpha value is -1.47. The molecule has 6 nitrogen and oxygen atoms in total. The molecule has 18 heavy (non-hydrogen) atoms. The van der Waals surface area contributed by atoms with Gasteiger partial charge in [-0.2, -0.15) is 4.80 Å². The second kappa shape index (κ2) is 5.45. The van der Waals surface area contributed by atoms with Gasteiger partial charge in [-0.15, -0.1) is 5.10 Å². The lowest BCUT2D eigenvalue weighted by molar-refractivity contribution is 0.102. The zero-order valence-corrected chi connectivity index (χ0v) is 11.7. The van der Waals surface area contributed by atoms with Crippen LogP contribution in [0.25, 0.3) is 0 Å². The van der Waals surface area contributed by atoms with Crippen molar-refractivity contribution in [2.75, 3.05) is 5.32 Å². The van der Waals surface area contributed by atoms with Crippen LogP contribution < -0.4 is 5.32 Å². The Morgan fingerprint density at radius 2 is 2.33 bits per heavy atom. The van der Waals surface area contributed by atoms with E-state index in [0.717, 1.165) is 4.47 Å². The average molecular weight is 331 g/mol. The van der Waals surface area contributed by atoms with Crippen LogP contribution in [0, 0.1) is 0 Å². The third kappa shape index (κ3) is 2.85. The molecular formula is C10H9BrClN5O. The molecule has 1 amide bonds. The van der Waals surface area contributed by atoms with Gasteiger partial charge in [0.1, 0.15) is 0 Å². The summed E-state index contributed by atoms with van der Waals surface area (Å²) in [5.74, 6) is -0.227. The second-order valence-electron chi connectivity index (χ2n) is 3.38. The number of tetrazole rings is 1. The molecule has 0 aliphatic rings. The fourth-order valence-corrected chi connectivity index (χ4v) is 1.83. The number of aryl methyl sites for hydroxylation is 1. The van der Waals surface area contributed by atoms with Crippen molar-refractivity contribution < 1.29 is 4.79 Å². The van der Waals surface area contributed by atoms with Gasteiger partial charge in [0.05, 0.1) is 17.1 Å². The van der Waals surface area contributed by atoms with E-state index in [-0.39, 0.29) is 11.9 Å². The Labute approximate surface area is 116 Å². The zero-order valence-electron chi connectivity index (χ0n) is 9.39. The Kier molecular flexibility index (Phi) is 3.93. The smallest absolute Gasteiger partial charge is 0.270 e. The molecule has 1 N–H and O–H groups in total. The highest BCUT2D eigenvalue weighted by atomic mass is 79.9. The van der Waals surface area contributed by atoms with E-state index >= 15 is 0 Å². The molecule has 94 valence electrons. The van der Waals surface area contributed by atoms with Gasteiger partial charge < -0.3 is 0 Å². The summed E-state index contributed by atoms with van der Waals surface area (Å²) in [5, 5.41) is 14.3. The SMILES string of the molecule is CCn1nnc(NC(=O)c2cc(Br)ccc2Cl)n1. The van der Waals surface area contributed by atoms with Gasteiger partial charge in [-0.05, 0) is 30.3 Å². The van der Waals surface area contributed by atoms with Crippen LogP contribution in [0.15, 0.2) is 22.7 Å². The lowest BCUT2D eigenvalue weighted by Crippen LogP contribution is -2.14. The summed E-state index contributed by atoms with van der Waals surface area (Å²) in [6, 6.07) is 5.02. The molecule has 0 saturated heterocycles. The average Bonchev–Trinajstić information content (AvgIpc) is 2.80. The minimum absolute atomic E-state index is 0.151. The van der Waals surface area contributed by atoms with Crippen LogP contribution in [-0.2, 0) is 6.54 Å². The van der Waals surface area contributed by atoms with E-state index in [2.05, 4.69) is 36.7 Å². The summed E-state index contributed by atoms with van der Waals surface area (Å²) in [6.45, 7) is 2.46. The van der Waals surface area contributed by atoms with Gasteiger partial charge in [-0.1, -0.05) is 32.6 Å². The van der Waals surface area contributed by atoms with Crippen LogP contribution >= 0.6 is 27.5 Å². The quantitative estimate of drug-likeness (QED) is 0.937. The summed E-state index contributed by atoms with van der Waals surface area (Å²) < 4.78 is 0.766. The molecule has 0 aliphatic heterocycles. The van der Waals surface area contributed by atoms with Crippen molar-refractivity contribution in [2.45, 2.75) is 13.5 Å². The van der Waals surface area contributed by atoms with Crippen molar-refractivity contribution in [3.05, 3.63) is 33.3 Å². The summed E-state index contributed by atoms with van der Waals surface area (Å²) in [4.78, 5) is 13.3. The number of nitrogens with one attached hydrogen (secondary N) is 1.